The van der Waals surface area contributed by atoms with Crippen LogP contribution in [-0.4, -0.2) is 17.8 Å². The number of nitrogens with one attached hydrogen (secondary N) is 1. The molecule has 1 rings (SSSR count). The fourth-order valence-corrected chi connectivity index (χ4v) is 2.39. The molecule has 1 unspecified atom stereocenters. The lowest BCUT2D eigenvalue weighted by Crippen LogP contribution is -2.30. The normalized spacial score (nSPS) is 12.6. The number of alkyl halides is 1. The fraction of sp³-hybridized carbons (Fsp3) is 0.462. The molecule has 1 aromatic rings. The largest absolute Gasteiger partial charge is 0.351 e. The lowest BCUT2D eigenvalue weighted by Gasteiger charge is -2.13. The summed E-state index contributed by atoms with van der Waals surface area (Å²) in [5, 5.41) is 3.32. The summed E-state index contributed by atoms with van der Waals surface area (Å²) in [4.78, 5) is 11.9. The molecule has 5 heteroatoms. The van der Waals surface area contributed by atoms with Gasteiger partial charge in [0.1, 0.15) is 0 Å². The van der Waals surface area contributed by atoms with Crippen molar-refractivity contribution in [2.24, 2.45) is 5.92 Å². The summed E-state index contributed by atoms with van der Waals surface area (Å²) in [6.45, 7) is 4.59. The molecule has 0 aromatic heterocycles. The van der Waals surface area contributed by atoms with Gasteiger partial charge >= 0.3 is 0 Å². The molecule has 1 atom stereocenters. The number of carbonyl (C=O) groups excluding carboxylic acids is 1. The van der Waals surface area contributed by atoms with Crippen molar-refractivity contribution in [3.05, 3.63) is 33.8 Å². The molecular weight excluding hydrogens is 293 g/mol. The molecule has 1 N–H and O–H groups in total. The van der Waals surface area contributed by atoms with Crippen molar-refractivity contribution < 1.29 is 4.79 Å². The highest BCUT2D eigenvalue weighted by Crippen LogP contribution is 2.25. The van der Waals surface area contributed by atoms with Crippen LogP contribution in [0.2, 0.25) is 10.0 Å². The van der Waals surface area contributed by atoms with E-state index in [1.165, 1.54) is 0 Å². The summed E-state index contributed by atoms with van der Waals surface area (Å²) < 4.78 is 0. The maximum Gasteiger partial charge on any atom is 0.252 e. The van der Waals surface area contributed by atoms with Gasteiger partial charge in [-0.1, -0.05) is 43.1 Å². The van der Waals surface area contributed by atoms with Crippen LogP contribution < -0.4 is 5.32 Å². The standard InChI is InChI=1S/C13H16Cl3NO/c1-8(2)6-9(14)7-17-13(18)10-4-3-5-11(15)12(10)16/h3-5,8-9H,6-7H2,1-2H3,(H,17,18). The van der Waals surface area contributed by atoms with Crippen LogP contribution in [-0.2, 0) is 0 Å². The highest BCUT2D eigenvalue weighted by Gasteiger charge is 2.14. The average molecular weight is 309 g/mol. The number of halogens is 3. The van der Waals surface area contributed by atoms with Crippen molar-refractivity contribution >= 4 is 40.7 Å². The van der Waals surface area contributed by atoms with E-state index in [1.807, 2.05) is 0 Å². The number of benzene rings is 1. The van der Waals surface area contributed by atoms with Gasteiger partial charge in [-0.15, -0.1) is 11.6 Å². The van der Waals surface area contributed by atoms with E-state index in [-0.39, 0.29) is 16.3 Å². The Kier molecular flexibility index (Phi) is 6.27. The minimum atomic E-state index is -0.253. The van der Waals surface area contributed by atoms with Gasteiger partial charge in [0, 0.05) is 6.54 Å². The lowest BCUT2D eigenvalue weighted by atomic mass is 10.1. The predicted molar refractivity (Wildman–Crippen MR) is 77.9 cm³/mol. The predicted octanol–water partition coefficient (Wildman–Crippen LogP) is 4.38. The van der Waals surface area contributed by atoms with E-state index in [9.17, 15) is 4.79 Å². The van der Waals surface area contributed by atoms with Gasteiger partial charge in [0.15, 0.2) is 0 Å². The maximum absolute atomic E-state index is 11.9. The van der Waals surface area contributed by atoms with Gasteiger partial charge < -0.3 is 5.32 Å². The van der Waals surface area contributed by atoms with Gasteiger partial charge in [0.25, 0.3) is 5.91 Å². The smallest absolute Gasteiger partial charge is 0.252 e. The van der Waals surface area contributed by atoms with Gasteiger partial charge in [-0.2, -0.15) is 0 Å². The summed E-state index contributed by atoms with van der Waals surface area (Å²) in [6, 6.07) is 4.97. The molecule has 0 saturated heterocycles. The second kappa shape index (κ2) is 7.22. The molecule has 1 amide bonds. The van der Waals surface area contributed by atoms with E-state index >= 15 is 0 Å². The first-order chi connectivity index (χ1) is 8.41. The van der Waals surface area contributed by atoms with E-state index < -0.39 is 0 Å². The van der Waals surface area contributed by atoms with Crippen molar-refractivity contribution in [3.63, 3.8) is 0 Å². The zero-order chi connectivity index (χ0) is 13.7. The molecule has 0 aliphatic carbocycles. The Hall–Kier alpha value is -0.440. The Bertz CT molecular complexity index is 421. The first-order valence-electron chi connectivity index (χ1n) is 5.78. The molecule has 0 saturated carbocycles. The highest BCUT2D eigenvalue weighted by molar-refractivity contribution is 6.43. The SMILES string of the molecule is CC(C)CC(Cl)CNC(=O)c1cccc(Cl)c1Cl. The fourth-order valence-electron chi connectivity index (χ4n) is 1.57. The van der Waals surface area contributed by atoms with Crippen LogP contribution >= 0.6 is 34.8 Å². The Morgan fingerprint density at radius 3 is 2.61 bits per heavy atom. The van der Waals surface area contributed by atoms with Crippen LogP contribution in [0.3, 0.4) is 0 Å². The third-order valence-corrected chi connectivity index (χ3v) is 3.56. The number of amides is 1. The third-order valence-electron chi connectivity index (χ3n) is 2.41. The van der Waals surface area contributed by atoms with Crippen molar-refractivity contribution in [2.45, 2.75) is 25.6 Å². The average Bonchev–Trinajstić information content (AvgIpc) is 2.29. The van der Waals surface area contributed by atoms with Crippen molar-refractivity contribution in [1.29, 1.82) is 0 Å². The number of hydrogen-bond donors (Lipinski definition) is 1. The van der Waals surface area contributed by atoms with Gasteiger partial charge in [-0.3, -0.25) is 4.79 Å². The van der Waals surface area contributed by atoms with Crippen molar-refractivity contribution in [3.8, 4) is 0 Å². The summed E-state index contributed by atoms with van der Waals surface area (Å²) >= 11 is 17.9. The van der Waals surface area contributed by atoms with Crippen LogP contribution in [0.15, 0.2) is 18.2 Å². The molecule has 1 aromatic carbocycles. The maximum atomic E-state index is 11.9. The first-order valence-corrected chi connectivity index (χ1v) is 6.97. The number of carbonyl (C=O) groups is 1. The molecule has 100 valence electrons. The summed E-state index contributed by atoms with van der Waals surface area (Å²) in [5.41, 5.74) is 0.373. The minimum absolute atomic E-state index is 0.0769. The second-order valence-electron chi connectivity index (χ2n) is 4.54. The molecule has 2 nitrogen and oxygen atoms in total. The Morgan fingerprint density at radius 1 is 1.33 bits per heavy atom. The third kappa shape index (κ3) is 4.68. The van der Waals surface area contributed by atoms with Gasteiger partial charge in [-0.05, 0) is 24.5 Å². The summed E-state index contributed by atoms with van der Waals surface area (Å²) in [5.74, 6) is 0.246. The van der Waals surface area contributed by atoms with Crippen LogP contribution in [0, 0.1) is 5.92 Å². The van der Waals surface area contributed by atoms with E-state index in [4.69, 9.17) is 34.8 Å². The highest BCUT2D eigenvalue weighted by atomic mass is 35.5. The van der Waals surface area contributed by atoms with Crippen molar-refractivity contribution in [1.82, 2.24) is 5.32 Å². The van der Waals surface area contributed by atoms with Gasteiger partial charge in [0.2, 0.25) is 0 Å². The van der Waals surface area contributed by atoms with E-state index in [0.717, 1.165) is 6.42 Å². The van der Waals surface area contributed by atoms with Crippen LogP contribution in [0.1, 0.15) is 30.6 Å². The molecule has 0 bridgehead atoms. The topological polar surface area (TPSA) is 29.1 Å². The zero-order valence-corrected chi connectivity index (χ0v) is 12.6. The molecule has 0 fully saturated rings. The molecule has 0 aliphatic rings. The molecule has 0 aliphatic heterocycles. The van der Waals surface area contributed by atoms with Crippen LogP contribution in [0.25, 0.3) is 0 Å². The quantitative estimate of drug-likeness (QED) is 0.804. The van der Waals surface area contributed by atoms with Crippen molar-refractivity contribution in [2.75, 3.05) is 6.54 Å². The second-order valence-corrected chi connectivity index (χ2v) is 5.94. The van der Waals surface area contributed by atoms with Crippen LogP contribution in [0.5, 0.6) is 0 Å². The van der Waals surface area contributed by atoms with Gasteiger partial charge in [0.05, 0.1) is 21.0 Å². The monoisotopic (exact) mass is 307 g/mol. The Morgan fingerprint density at radius 2 is 2.00 bits per heavy atom. The lowest BCUT2D eigenvalue weighted by molar-refractivity contribution is 0.0953. The van der Waals surface area contributed by atoms with E-state index in [0.29, 0.717) is 23.0 Å². The molecule has 18 heavy (non-hydrogen) atoms. The first kappa shape index (κ1) is 15.6. The van der Waals surface area contributed by atoms with E-state index in [1.54, 1.807) is 18.2 Å². The van der Waals surface area contributed by atoms with E-state index in [2.05, 4.69) is 19.2 Å². The van der Waals surface area contributed by atoms with Crippen LogP contribution in [0.4, 0.5) is 0 Å². The zero-order valence-electron chi connectivity index (χ0n) is 10.3. The number of hydrogen-bond acceptors (Lipinski definition) is 1. The minimum Gasteiger partial charge on any atom is -0.351 e. The summed E-state index contributed by atoms with van der Waals surface area (Å²) in [7, 11) is 0. The number of rotatable bonds is 5. The Labute approximate surface area is 123 Å². The molecular formula is C13H16Cl3NO. The molecule has 0 heterocycles. The molecule has 0 spiro atoms. The summed E-state index contributed by atoms with van der Waals surface area (Å²) in [6.07, 6.45) is 0.852. The Balaban J connectivity index is 2.58. The molecule has 0 radical (unpaired) electrons. The van der Waals surface area contributed by atoms with Gasteiger partial charge in [-0.25, -0.2) is 0 Å².